The van der Waals surface area contributed by atoms with E-state index in [0.29, 0.717) is 0 Å². The fourth-order valence-electron chi connectivity index (χ4n) is 2.25. The summed E-state index contributed by atoms with van der Waals surface area (Å²) in [6.07, 6.45) is 4.09. The van der Waals surface area contributed by atoms with E-state index in [0.717, 1.165) is 19.1 Å². The molecular formula is C12H21N3S. The van der Waals surface area contributed by atoms with E-state index in [1.807, 2.05) is 5.51 Å². The first-order valence-corrected chi connectivity index (χ1v) is 6.95. The van der Waals surface area contributed by atoms with Crippen LogP contribution in [-0.2, 0) is 6.54 Å². The van der Waals surface area contributed by atoms with Crippen molar-refractivity contribution < 1.29 is 0 Å². The van der Waals surface area contributed by atoms with E-state index in [1.165, 1.54) is 36.4 Å². The number of hydrogen-bond donors (Lipinski definition) is 1. The van der Waals surface area contributed by atoms with Gasteiger partial charge in [0, 0.05) is 24.0 Å². The smallest absolute Gasteiger partial charge is 0.0798 e. The molecule has 1 saturated heterocycles. The van der Waals surface area contributed by atoms with Crippen molar-refractivity contribution in [1.82, 2.24) is 15.2 Å². The number of likely N-dealkylation sites (N-methyl/N-ethyl adjacent to an activating group) is 1. The first-order valence-electron chi connectivity index (χ1n) is 6.07. The van der Waals surface area contributed by atoms with Crippen molar-refractivity contribution in [2.24, 2.45) is 0 Å². The third-order valence-electron chi connectivity index (χ3n) is 3.43. The van der Waals surface area contributed by atoms with Crippen LogP contribution >= 0.6 is 11.3 Å². The number of aryl methyl sites for hydroxylation is 1. The van der Waals surface area contributed by atoms with Gasteiger partial charge in [0.15, 0.2) is 0 Å². The normalized spacial score (nSPS) is 22.5. The lowest BCUT2D eigenvalue weighted by Crippen LogP contribution is -2.42. The minimum Gasteiger partial charge on any atom is -0.310 e. The molecule has 1 fully saturated rings. The molecular weight excluding hydrogens is 218 g/mol. The predicted molar refractivity (Wildman–Crippen MR) is 68.8 cm³/mol. The van der Waals surface area contributed by atoms with Gasteiger partial charge in [-0.15, -0.1) is 11.3 Å². The van der Waals surface area contributed by atoms with Crippen molar-refractivity contribution in [1.29, 1.82) is 0 Å². The summed E-state index contributed by atoms with van der Waals surface area (Å²) in [5, 5.41) is 3.56. The molecule has 1 aromatic heterocycles. The highest BCUT2D eigenvalue weighted by Crippen LogP contribution is 2.15. The Balaban J connectivity index is 1.73. The number of aromatic nitrogens is 1. The molecule has 90 valence electrons. The van der Waals surface area contributed by atoms with E-state index in [-0.39, 0.29) is 0 Å². The third-order valence-corrected chi connectivity index (χ3v) is 4.37. The summed E-state index contributed by atoms with van der Waals surface area (Å²) >= 11 is 1.75. The molecule has 1 unspecified atom stereocenters. The lowest BCUT2D eigenvalue weighted by Gasteiger charge is -2.32. The van der Waals surface area contributed by atoms with E-state index in [1.54, 1.807) is 11.3 Å². The van der Waals surface area contributed by atoms with Crippen molar-refractivity contribution >= 4 is 11.3 Å². The van der Waals surface area contributed by atoms with Gasteiger partial charge in [-0.2, -0.15) is 0 Å². The van der Waals surface area contributed by atoms with Crippen molar-refractivity contribution in [2.75, 3.05) is 20.1 Å². The molecule has 16 heavy (non-hydrogen) atoms. The largest absolute Gasteiger partial charge is 0.310 e. The molecule has 0 aromatic carbocycles. The van der Waals surface area contributed by atoms with Gasteiger partial charge in [0.2, 0.25) is 0 Å². The molecule has 3 nitrogen and oxygen atoms in total. The lowest BCUT2D eigenvalue weighted by atomic mass is 10.0. The highest BCUT2D eigenvalue weighted by Gasteiger charge is 2.18. The molecule has 2 rings (SSSR count). The fourth-order valence-corrected chi connectivity index (χ4v) is 3.00. The second-order valence-electron chi connectivity index (χ2n) is 4.62. The Hall–Kier alpha value is -0.450. The van der Waals surface area contributed by atoms with E-state index >= 15 is 0 Å². The standard InChI is InChI=1S/C12H21N3S/c1-10-12(16-9-14-10)8-13-7-11-5-3-4-6-15(11)2/h9,11,13H,3-8H2,1-2H3. The second kappa shape index (κ2) is 5.75. The molecule has 0 saturated carbocycles. The summed E-state index contributed by atoms with van der Waals surface area (Å²) in [7, 11) is 2.24. The van der Waals surface area contributed by atoms with Crippen molar-refractivity contribution in [3.05, 3.63) is 16.1 Å². The molecule has 0 amide bonds. The Morgan fingerprint density at radius 3 is 3.12 bits per heavy atom. The van der Waals surface area contributed by atoms with Crippen LogP contribution in [0.5, 0.6) is 0 Å². The van der Waals surface area contributed by atoms with E-state index in [4.69, 9.17) is 0 Å². The monoisotopic (exact) mass is 239 g/mol. The van der Waals surface area contributed by atoms with Crippen LogP contribution in [0.1, 0.15) is 29.8 Å². The van der Waals surface area contributed by atoms with Crippen LogP contribution in [0.4, 0.5) is 0 Å². The Labute approximate surface area is 102 Å². The molecule has 1 aliphatic heterocycles. The van der Waals surface area contributed by atoms with Crippen molar-refractivity contribution in [3.8, 4) is 0 Å². The van der Waals surface area contributed by atoms with Crippen LogP contribution in [0.15, 0.2) is 5.51 Å². The Kier molecular flexibility index (Phi) is 4.32. The average molecular weight is 239 g/mol. The van der Waals surface area contributed by atoms with E-state index in [2.05, 4.69) is 29.2 Å². The topological polar surface area (TPSA) is 28.2 Å². The first-order chi connectivity index (χ1) is 7.77. The first kappa shape index (κ1) is 12.0. The predicted octanol–water partition coefficient (Wildman–Crippen LogP) is 2.03. The van der Waals surface area contributed by atoms with Crippen LogP contribution < -0.4 is 5.32 Å². The summed E-state index contributed by atoms with van der Waals surface area (Å²) in [6, 6.07) is 0.724. The van der Waals surface area contributed by atoms with Crippen LogP contribution in [0.3, 0.4) is 0 Å². The van der Waals surface area contributed by atoms with Gasteiger partial charge >= 0.3 is 0 Å². The zero-order valence-corrected chi connectivity index (χ0v) is 11.0. The van der Waals surface area contributed by atoms with Crippen LogP contribution in [0.2, 0.25) is 0 Å². The third kappa shape index (κ3) is 3.03. The molecule has 0 bridgehead atoms. The summed E-state index contributed by atoms with van der Waals surface area (Å²) in [5.74, 6) is 0. The van der Waals surface area contributed by atoms with Gasteiger partial charge in [0.1, 0.15) is 0 Å². The summed E-state index contributed by atoms with van der Waals surface area (Å²) in [6.45, 7) is 5.42. The number of hydrogen-bond acceptors (Lipinski definition) is 4. The van der Waals surface area contributed by atoms with Crippen molar-refractivity contribution in [2.45, 2.75) is 38.8 Å². The lowest BCUT2D eigenvalue weighted by molar-refractivity contribution is 0.181. The van der Waals surface area contributed by atoms with Gasteiger partial charge in [-0.1, -0.05) is 6.42 Å². The maximum Gasteiger partial charge on any atom is 0.0798 e. The Bertz CT molecular complexity index is 324. The van der Waals surface area contributed by atoms with Gasteiger partial charge < -0.3 is 10.2 Å². The number of nitrogens with one attached hydrogen (secondary N) is 1. The van der Waals surface area contributed by atoms with Crippen LogP contribution in [-0.4, -0.2) is 36.1 Å². The highest BCUT2D eigenvalue weighted by molar-refractivity contribution is 7.09. The molecule has 1 atom stereocenters. The van der Waals surface area contributed by atoms with E-state index < -0.39 is 0 Å². The maximum absolute atomic E-state index is 4.27. The molecule has 1 N–H and O–H groups in total. The zero-order chi connectivity index (χ0) is 11.4. The van der Waals surface area contributed by atoms with Crippen molar-refractivity contribution in [3.63, 3.8) is 0 Å². The van der Waals surface area contributed by atoms with Crippen LogP contribution in [0, 0.1) is 6.92 Å². The van der Waals surface area contributed by atoms with Gasteiger partial charge in [-0.3, -0.25) is 0 Å². The molecule has 0 aliphatic carbocycles. The average Bonchev–Trinajstić information content (AvgIpc) is 2.67. The molecule has 2 heterocycles. The number of nitrogens with zero attached hydrogens (tertiary/aromatic N) is 2. The second-order valence-corrected chi connectivity index (χ2v) is 5.56. The number of piperidine rings is 1. The van der Waals surface area contributed by atoms with Crippen LogP contribution in [0.25, 0.3) is 0 Å². The fraction of sp³-hybridized carbons (Fsp3) is 0.750. The van der Waals surface area contributed by atoms with E-state index in [9.17, 15) is 0 Å². The molecule has 1 aliphatic rings. The molecule has 0 radical (unpaired) electrons. The van der Waals surface area contributed by atoms with Gasteiger partial charge in [0.05, 0.1) is 11.2 Å². The summed E-state index contributed by atoms with van der Waals surface area (Å²) < 4.78 is 0. The summed E-state index contributed by atoms with van der Waals surface area (Å²) in [5.41, 5.74) is 3.11. The number of likely N-dealkylation sites (tertiary alicyclic amines) is 1. The quantitative estimate of drug-likeness (QED) is 0.871. The minimum atomic E-state index is 0.724. The maximum atomic E-state index is 4.27. The zero-order valence-electron chi connectivity index (χ0n) is 10.2. The van der Waals surface area contributed by atoms with Gasteiger partial charge in [-0.05, 0) is 33.4 Å². The molecule has 0 spiro atoms. The number of rotatable bonds is 4. The highest BCUT2D eigenvalue weighted by atomic mass is 32.1. The SMILES string of the molecule is Cc1ncsc1CNCC1CCCCN1C. The minimum absolute atomic E-state index is 0.724. The van der Waals surface area contributed by atoms with Gasteiger partial charge in [-0.25, -0.2) is 4.98 Å². The van der Waals surface area contributed by atoms with Gasteiger partial charge in [0.25, 0.3) is 0 Å². The summed E-state index contributed by atoms with van der Waals surface area (Å²) in [4.78, 5) is 8.12. The molecule has 1 aromatic rings. The molecule has 4 heteroatoms. The number of thiazole rings is 1. The Morgan fingerprint density at radius 1 is 1.56 bits per heavy atom. The Morgan fingerprint density at radius 2 is 2.44 bits per heavy atom.